The number of benzene rings is 1. The molecule has 1 unspecified atom stereocenters. The molecule has 2 heterocycles. The fourth-order valence-electron chi connectivity index (χ4n) is 3.79. The molecule has 0 bridgehead atoms. The van der Waals surface area contributed by atoms with Gasteiger partial charge in [0.1, 0.15) is 5.41 Å². The minimum Gasteiger partial charge on any atom is -0.342 e. The first kappa shape index (κ1) is 16.1. The lowest BCUT2D eigenvalue weighted by Crippen LogP contribution is -2.46. The molecule has 2 fully saturated rings. The van der Waals surface area contributed by atoms with Gasteiger partial charge < -0.3 is 10.2 Å². The summed E-state index contributed by atoms with van der Waals surface area (Å²) in [4.78, 5) is 32.2. The molecule has 1 saturated heterocycles. The molecule has 5 heteroatoms. The van der Waals surface area contributed by atoms with E-state index >= 15 is 0 Å². The maximum Gasteiger partial charge on any atom is 0.240 e. The quantitative estimate of drug-likeness (QED) is 0.875. The molecule has 0 radical (unpaired) electrons. The van der Waals surface area contributed by atoms with Crippen molar-refractivity contribution in [1.82, 2.24) is 9.88 Å². The van der Waals surface area contributed by atoms with Crippen LogP contribution in [0.15, 0.2) is 36.5 Å². The lowest BCUT2D eigenvalue weighted by molar-refractivity contribution is -0.143. The van der Waals surface area contributed by atoms with Crippen LogP contribution in [-0.4, -0.2) is 34.8 Å². The second-order valence-electron chi connectivity index (χ2n) is 7.42. The SMILES string of the molecule is CC1CCCN(C(=O)C2(C(=O)Nc3cccc4cccnc34)CC2)C1. The standard InChI is InChI=1S/C20H23N3O2/c1-14-5-4-12-23(13-14)19(25)20(9-10-20)18(24)22-16-8-2-6-15-7-3-11-21-17(15)16/h2-3,6-8,11,14H,4-5,9-10,12-13H2,1H3,(H,22,24). The van der Waals surface area contributed by atoms with E-state index in [0.717, 1.165) is 36.8 Å². The molecular formula is C20H23N3O2. The topological polar surface area (TPSA) is 62.3 Å². The zero-order chi connectivity index (χ0) is 17.4. The van der Waals surface area contributed by atoms with E-state index < -0.39 is 5.41 Å². The van der Waals surface area contributed by atoms with E-state index in [0.29, 0.717) is 24.4 Å². The Morgan fingerprint density at radius 2 is 2.04 bits per heavy atom. The first-order valence-electron chi connectivity index (χ1n) is 9.05. The van der Waals surface area contributed by atoms with Gasteiger partial charge in [-0.15, -0.1) is 0 Å². The Balaban J connectivity index is 1.55. The average molecular weight is 337 g/mol. The van der Waals surface area contributed by atoms with Gasteiger partial charge in [0.2, 0.25) is 11.8 Å². The maximum absolute atomic E-state index is 13.0. The number of aromatic nitrogens is 1. The van der Waals surface area contributed by atoms with Gasteiger partial charge in [0, 0.05) is 24.7 Å². The summed E-state index contributed by atoms with van der Waals surface area (Å²) < 4.78 is 0. The van der Waals surface area contributed by atoms with Gasteiger partial charge in [-0.3, -0.25) is 14.6 Å². The van der Waals surface area contributed by atoms with Crippen molar-refractivity contribution in [2.45, 2.75) is 32.6 Å². The summed E-state index contributed by atoms with van der Waals surface area (Å²) in [6.07, 6.45) is 5.18. The number of nitrogens with one attached hydrogen (secondary N) is 1. The number of fused-ring (bicyclic) bond motifs is 1. The number of rotatable bonds is 3. The van der Waals surface area contributed by atoms with Crippen molar-refractivity contribution < 1.29 is 9.59 Å². The summed E-state index contributed by atoms with van der Waals surface area (Å²) in [5.41, 5.74) is 0.566. The molecule has 1 aromatic heterocycles. The number of pyridine rings is 1. The van der Waals surface area contributed by atoms with Crippen LogP contribution in [0.2, 0.25) is 0 Å². The van der Waals surface area contributed by atoms with Gasteiger partial charge in [0.25, 0.3) is 0 Å². The zero-order valence-electron chi connectivity index (χ0n) is 14.5. The van der Waals surface area contributed by atoms with Crippen molar-refractivity contribution in [3.63, 3.8) is 0 Å². The summed E-state index contributed by atoms with van der Waals surface area (Å²) in [5.74, 6) is 0.331. The van der Waals surface area contributed by atoms with Crippen LogP contribution in [0.1, 0.15) is 32.6 Å². The molecule has 4 rings (SSSR count). The number of carbonyl (C=O) groups is 2. The number of piperidine rings is 1. The Hall–Kier alpha value is -2.43. The summed E-state index contributed by atoms with van der Waals surface area (Å²) in [6.45, 7) is 3.71. The smallest absolute Gasteiger partial charge is 0.240 e. The molecule has 1 N–H and O–H groups in total. The van der Waals surface area contributed by atoms with Crippen LogP contribution in [0.3, 0.4) is 0 Å². The molecule has 1 aliphatic heterocycles. The normalized spacial score (nSPS) is 21.8. The van der Waals surface area contributed by atoms with E-state index in [1.165, 1.54) is 0 Å². The van der Waals surface area contributed by atoms with Crippen molar-refractivity contribution in [3.05, 3.63) is 36.5 Å². The van der Waals surface area contributed by atoms with Crippen molar-refractivity contribution in [2.24, 2.45) is 11.3 Å². The van der Waals surface area contributed by atoms with E-state index in [-0.39, 0.29) is 11.8 Å². The number of amides is 2. The molecule has 2 aliphatic rings. The summed E-state index contributed by atoms with van der Waals surface area (Å²) in [7, 11) is 0. The summed E-state index contributed by atoms with van der Waals surface area (Å²) in [5, 5.41) is 3.94. The highest BCUT2D eigenvalue weighted by molar-refractivity contribution is 6.14. The van der Waals surface area contributed by atoms with Crippen LogP contribution < -0.4 is 5.32 Å². The molecule has 1 aromatic carbocycles. The van der Waals surface area contributed by atoms with Gasteiger partial charge in [0.15, 0.2) is 0 Å². The molecule has 130 valence electrons. The highest BCUT2D eigenvalue weighted by Crippen LogP contribution is 2.48. The van der Waals surface area contributed by atoms with Crippen molar-refractivity contribution in [2.75, 3.05) is 18.4 Å². The van der Waals surface area contributed by atoms with Crippen LogP contribution in [0, 0.1) is 11.3 Å². The Labute approximate surface area is 147 Å². The van der Waals surface area contributed by atoms with E-state index in [2.05, 4.69) is 17.2 Å². The van der Waals surface area contributed by atoms with Crippen molar-refractivity contribution in [1.29, 1.82) is 0 Å². The molecule has 1 atom stereocenters. The molecular weight excluding hydrogens is 314 g/mol. The highest BCUT2D eigenvalue weighted by Gasteiger charge is 2.58. The van der Waals surface area contributed by atoms with E-state index in [1.807, 2.05) is 35.2 Å². The second kappa shape index (κ2) is 6.14. The third-order valence-corrected chi connectivity index (χ3v) is 5.42. The van der Waals surface area contributed by atoms with E-state index in [4.69, 9.17) is 0 Å². The third-order valence-electron chi connectivity index (χ3n) is 5.42. The molecule has 5 nitrogen and oxygen atoms in total. The lowest BCUT2D eigenvalue weighted by atomic mass is 9.96. The highest BCUT2D eigenvalue weighted by atomic mass is 16.2. The van der Waals surface area contributed by atoms with E-state index in [9.17, 15) is 9.59 Å². The average Bonchev–Trinajstić information content (AvgIpc) is 3.43. The number of para-hydroxylation sites is 1. The third kappa shape index (κ3) is 2.88. The first-order chi connectivity index (χ1) is 12.1. The molecule has 0 spiro atoms. The number of likely N-dealkylation sites (tertiary alicyclic amines) is 1. The summed E-state index contributed by atoms with van der Waals surface area (Å²) >= 11 is 0. The minimum atomic E-state index is -0.867. The Morgan fingerprint density at radius 1 is 1.24 bits per heavy atom. The Morgan fingerprint density at radius 3 is 2.80 bits per heavy atom. The molecule has 2 amide bonds. The summed E-state index contributed by atoms with van der Waals surface area (Å²) in [6, 6.07) is 9.54. The molecule has 2 aromatic rings. The van der Waals surface area contributed by atoms with Crippen LogP contribution >= 0.6 is 0 Å². The Kier molecular flexibility index (Phi) is 3.94. The molecule has 1 saturated carbocycles. The maximum atomic E-state index is 13.0. The number of hydrogen-bond acceptors (Lipinski definition) is 3. The fraction of sp³-hybridized carbons (Fsp3) is 0.450. The van der Waals surface area contributed by atoms with Crippen LogP contribution in [0.5, 0.6) is 0 Å². The molecule has 1 aliphatic carbocycles. The minimum absolute atomic E-state index is 0.00439. The van der Waals surface area contributed by atoms with Crippen LogP contribution in [0.25, 0.3) is 10.9 Å². The van der Waals surface area contributed by atoms with Gasteiger partial charge >= 0.3 is 0 Å². The van der Waals surface area contributed by atoms with Gasteiger partial charge in [-0.2, -0.15) is 0 Å². The predicted octanol–water partition coefficient (Wildman–Crippen LogP) is 3.21. The monoisotopic (exact) mass is 337 g/mol. The van der Waals surface area contributed by atoms with Crippen molar-refractivity contribution >= 4 is 28.4 Å². The predicted molar refractivity (Wildman–Crippen MR) is 97.0 cm³/mol. The van der Waals surface area contributed by atoms with Gasteiger partial charge in [-0.05, 0) is 43.7 Å². The molecule has 25 heavy (non-hydrogen) atoms. The number of anilines is 1. The first-order valence-corrected chi connectivity index (χ1v) is 9.05. The van der Waals surface area contributed by atoms with E-state index in [1.54, 1.807) is 6.20 Å². The number of carbonyl (C=O) groups excluding carboxylic acids is 2. The van der Waals surface area contributed by atoms with Gasteiger partial charge in [-0.25, -0.2) is 0 Å². The lowest BCUT2D eigenvalue weighted by Gasteiger charge is -2.33. The fourth-order valence-corrected chi connectivity index (χ4v) is 3.79. The van der Waals surface area contributed by atoms with Gasteiger partial charge in [0.05, 0.1) is 11.2 Å². The van der Waals surface area contributed by atoms with Crippen LogP contribution in [-0.2, 0) is 9.59 Å². The largest absolute Gasteiger partial charge is 0.342 e. The van der Waals surface area contributed by atoms with Gasteiger partial charge in [-0.1, -0.05) is 25.1 Å². The zero-order valence-corrected chi connectivity index (χ0v) is 14.5. The number of hydrogen-bond donors (Lipinski definition) is 1. The number of nitrogens with zero attached hydrogens (tertiary/aromatic N) is 2. The van der Waals surface area contributed by atoms with Crippen LogP contribution in [0.4, 0.5) is 5.69 Å². The Bertz CT molecular complexity index is 823. The van der Waals surface area contributed by atoms with Crippen molar-refractivity contribution in [3.8, 4) is 0 Å². The second-order valence-corrected chi connectivity index (χ2v) is 7.42.